The fourth-order valence-electron chi connectivity index (χ4n) is 6.75. The van der Waals surface area contributed by atoms with Gasteiger partial charge in [0.25, 0.3) is 0 Å². The summed E-state index contributed by atoms with van der Waals surface area (Å²) in [6.07, 6.45) is 0. The average molecular weight is 669 g/mol. The van der Waals surface area contributed by atoms with Gasteiger partial charge in [0.2, 0.25) is 0 Å². The Kier molecular flexibility index (Phi) is 8.14. The molecule has 1 aromatic heterocycles. The van der Waals surface area contributed by atoms with Crippen LogP contribution in [0.15, 0.2) is 174 Å². The summed E-state index contributed by atoms with van der Waals surface area (Å²) in [6, 6.07) is 59.3. The van der Waals surface area contributed by atoms with Crippen molar-refractivity contribution < 1.29 is 4.42 Å². The van der Waals surface area contributed by atoms with Gasteiger partial charge in [0.15, 0.2) is 5.58 Å². The van der Waals surface area contributed by atoms with E-state index in [-0.39, 0.29) is 5.41 Å². The van der Waals surface area contributed by atoms with E-state index in [1.807, 2.05) is 42.5 Å². The normalized spacial score (nSPS) is 11.6. The highest BCUT2D eigenvalue weighted by Crippen LogP contribution is 2.48. The molecule has 8 aromatic rings. The molecule has 0 aliphatic heterocycles. The maximum Gasteiger partial charge on any atom is 0.159 e. The molecule has 7 aromatic carbocycles. The van der Waals surface area contributed by atoms with Gasteiger partial charge < -0.3 is 14.2 Å². The third-order valence-electron chi connectivity index (χ3n) is 9.25. The summed E-state index contributed by atoms with van der Waals surface area (Å²) in [5, 5.41) is 2.67. The van der Waals surface area contributed by atoms with Crippen LogP contribution >= 0.6 is 11.6 Å². The maximum atomic E-state index is 6.97. The monoisotopic (exact) mass is 668 g/mol. The number of fused-ring (bicyclic) bond motifs is 3. The molecule has 0 aliphatic carbocycles. The Morgan fingerprint density at radius 1 is 0.480 bits per heavy atom. The van der Waals surface area contributed by atoms with E-state index in [2.05, 4.69) is 158 Å². The first kappa shape index (κ1) is 31.5. The largest absolute Gasteiger partial charge is 0.454 e. The molecule has 50 heavy (non-hydrogen) atoms. The van der Waals surface area contributed by atoms with Gasteiger partial charge in [-0.3, -0.25) is 0 Å². The molecule has 0 amide bonds. The van der Waals surface area contributed by atoms with E-state index in [9.17, 15) is 0 Å². The fourth-order valence-corrected chi connectivity index (χ4v) is 6.96. The van der Waals surface area contributed by atoms with E-state index in [1.54, 1.807) is 0 Å². The Hall–Kier alpha value is -5.77. The molecule has 3 nitrogen and oxygen atoms in total. The van der Waals surface area contributed by atoms with Crippen LogP contribution in [-0.4, -0.2) is 0 Å². The fraction of sp³-hybridized carbons (Fsp3) is 0.0870. The van der Waals surface area contributed by atoms with E-state index in [0.717, 1.165) is 67.2 Å². The maximum absolute atomic E-state index is 6.97. The molecule has 0 bridgehead atoms. The predicted octanol–water partition coefficient (Wildman–Crippen LogP) is 14.1. The van der Waals surface area contributed by atoms with Gasteiger partial charge in [-0.1, -0.05) is 123 Å². The first-order valence-electron chi connectivity index (χ1n) is 17.0. The van der Waals surface area contributed by atoms with Gasteiger partial charge in [0, 0.05) is 44.1 Å². The van der Waals surface area contributed by atoms with Crippen LogP contribution in [0.25, 0.3) is 33.1 Å². The summed E-state index contributed by atoms with van der Waals surface area (Å²) in [5.74, 6) is 0. The van der Waals surface area contributed by atoms with Crippen LogP contribution in [-0.2, 0) is 5.41 Å². The number of anilines is 6. The van der Waals surface area contributed by atoms with E-state index in [0.29, 0.717) is 5.02 Å². The summed E-state index contributed by atoms with van der Waals surface area (Å²) in [6.45, 7) is 6.77. The lowest BCUT2D eigenvalue weighted by atomic mass is 9.84. The molecular weight excluding hydrogens is 632 g/mol. The van der Waals surface area contributed by atoms with E-state index < -0.39 is 0 Å². The highest BCUT2D eigenvalue weighted by molar-refractivity contribution is 6.32. The zero-order valence-corrected chi connectivity index (χ0v) is 29.1. The molecule has 0 aliphatic rings. The van der Waals surface area contributed by atoms with Gasteiger partial charge in [0.1, 0.15) is 5.58 Å². The van der Waals surface area contributed by atoms with Crippen molar-refractivity contribution in [2.75, 3.05) is 9.80 Å². The van der Waals surface area contributed by atoms with Crippen molar-refractivity contribution in [3.05, 3.63) is 180 Å². The lowest BCUT2D eigenvalue weighted by Gasteiger charge is -2.31. The summed E-state index contributed by atoms with van der Waals surface area (Å²) in [4.78, 5) is 4.57. The van der Waals surface area contributed by atoms with Gasteiger partial charge >= 0.3 is 0 Å². The number of para-hydroxylation sites is 3. The van der Waals surface area contributed by atoms with Crippen molar-refractivity contribution in [3.8, 4) is 11.1 Å². The molecule has 1 heterocycles. The molecule has 0 unspecified atom stereocenters. The summed E-state index contributed by atoms with van der Waals surface area (Å²) in [5.41, 5.74) is 11.2. The van der Waals surface area contributed by atoms with E-state index in [1.165, 1.54) is 5.56 Å². The van der Waals surface area contributed by atoms with Crippen LogP contribution in [0.2, 0.25) is 5.02 Å². The summed E-state index contributed by atoms with van der Waals surface area (Å²) in [7, 11) is 0. The minimum Gasteiger partial charge on any atom is -0.454 e. The van der Waals surface area contributed by atoms with Crippen LogP contribution in [0.5, 0.6) is 0 Å². The number of nitrogens with zero attached hydrogens (tertiary/aromatic N) is 2. The zero-order valence-electron chi connectivity index (χ0n) is 28.3. The number of hydrogen-bond donors (Lipinski definition) is 0. The van der Waals surface area contributed by atoms with Crippen molar-refractivity contribution in [1.29, 1.82) is 0 Å². The second-order valence-corrected chi connectivity index (χ2v) is 14.0. The Labute approximate surface area is 298 Å². The van der Waals surface area contributed by atoms with Crippen molar-refractivity contribution in [3.63, 3.8) is 0 Å². The minimum atomic E-state index is -0.0328. The van der Waals surface area contributed by atoms with Crippen LogP contribution in [0.4, 0.5) is 34.1 Å². The standard InChI is InChI=1S/C46H37ClN2O/c1-46(2,3)33-23-28-42(40(29-33)32-15-7-4-8-16-32)49(43-31-34(47)30-41-39-21-13-14-22-44(39)50-45(41)43)38-26-24-37(25-27-38)48(35-17-9-5-10-18-35)36-19-11-6-12-20-36/h4-31H,1-3H3. The van der Waals surface area contributed by atoms with Crippen molar-refractivity contribution in [2.45, 2.75) is 26.2 Å². The first-order chi connectivity index (χ1) is 24.3. The number of halogens is 1. The second kappa shape index (κ2) is 12.9. The van der Waals surface area contributed by atoms with Crippen molar-refractivity contribution in [2.24, 2.45) is 0 Å². The van der Waals surface area contributed by atoms with Crippen molar-refractivity contribution >= 4 is 67.7 Å². The highest BCUT2D eigenvalue weighted by Gasteiger charge is 2.25. The smallest absolute Gasteiger partial charge is 0.159 e. The molecule has 0 atom stereocenters. The topological polar surface area (TPSA) is 19.6 Å². The minimum absolute atomic E-state index is 0.0328. The average Bonchev–Trinajstić information content (AvgIpc) is 3.52. The summed E-state index contributed by atoms with van der Waals surface area (Å²) >= 11 is 6.97. The predicted molar refractivity (Wildman–Crippen MR) is 212 cm³/mol. The van der Waals surface area contributed by atoms with Crippen LogP contribution in [0.3, 0.4) is 0 Å². The van der Waals surface area contributed by atoms with E-state index >= 15 is 0 Å². The third kappa shape index (κ3) is 5.91. The number of rotatable bonds is 7. The molecule has 0 N–H and O–H groups in total. The van der Waals surface area contributed by atoms with Crippen molar-refractivity contribution in [1.82, 2.24) is 0 Å². The van der Waals surface area contributed by atoms with Crippen LogP contribution in [0.1, 0.15) is 26.3 Å². The van der Waals surface area contributed by atoms with Gasteiger partial charge in [-0.25, -0.2) is 0 Å². The number of hydrogen-bond acceptors (Lipinski definition) is 3. The van der Waals surface area contributed by atoms with Gasteiger partial charge in [-0.2, -0.15) is 0 Å². The summed E-state index contributed by atoms with van der Waals surface area (Å²) < 4.78 is 6.66. The van der Waals surface area contributed by atoms with E-state index in [4.69, 9.17) is 16.0 Å². The van der Waals surface area contributed by atoms with Gasteiger partial charge in [0.05, 0.1) is 11.4 Å². The second-order valence-electron chi connectivity index (χ2n) is 13.6. The van der Waals surface area contributed by atoms with Gasteiger partial charge in [-0.05, 0) is 95.4 Å². The SMILES string of the molecule is CC(C)(C)c1ccc(N(c2ccc(N(c3ccccc3)c3ccccc3)cc2)c2cc(Cl)cc3c2oc2ccccc23)c(-c2ccccc2)c1. The van der Waals surface area contributed by atoms with Gasteiger partial charge in [-0.15, -0.1) is 0 Å². The Bertz CT molecular complexity index is 2370. The first-order valence-corrected chi connectivity index (χ1v) is 17.3. The molecule has 0 saturated carbocycles. The molecule has 8 rings (SSSR count). The molecular formula is C46H37ClN2O. The number of benzene rings is 7. The van der Waals surface area contributed by atoms with Crippen LogP contribution < -0.4 is 9.80 Å². The zero-order chi connectivity index (χ0) is 34.2. The Morgan fingerprint density at radius 3 is 1.64 bits per heavy atom. The molecule has 0 spiro atoms. The quantitative estimate of drug-likeness (QED) is 0.168. The molecule has 0 saturated heterocycles. The lowest BCUT2D eigenvalue weighted by Crippen LogP contribution is -2.15. The molecule has 0 fully saturated rings. The molecule has 4 heteroatoms. The number of furan rings is 1. The Morgan fingerprint density at radius 2 is 1.02 bits per heavy atom. The Balaban J connectivity index is 1.37. The van der Waals surface area contributed by atoms with Crippen LogP contribution in [0, 0.1) is 0 Å². The molecule has 244 valence electrons. The third-order valence-corrected chi connectivity index (χ3v) is 9.47. The molecule has 0 radical (unpaired) electrons. The lowest BCUT2D eigenvalue weighted by molar-refractivity contribution is 0.590. The highest BCUT2D eigenvalue weighted by atomic mass is 35.5.